The summed E-state index contributed by atoms with van der Waals surface area (Å²) in [5.41, 5.74) is 6.40. The molecule has 1 saturated heterocycles. The second kappa shape index (κ2) is 13.2. The molecule has 0 saturated carbocycles. The van der Waals surface area contributed by atoms with E-state index in [1.807, 2.05) is 54.6 Å². The van der Waals surface area contributed by atoms with Gasteiger partial charge in [0.15, 0.2) is 0 Å². The molecule has 2 heterocycles. The lowest BCUT2D eigenvalue weighted by molar-refractivity contribution is 0.396. The number of allylic oxidation sites excluding steroid dienone is 5. The van der Waals surface area contributed by atoms with Crippen molar-refractivity contribution in [3.05, 3.63) is 202 Å². The Kier molecular flexibility index (Phi) is 7.94. The van der Waals surface area contributed by atoms with Crippen LogP contribution in [0.3, 0.4) is 0 Å². The second-order valence-electron chi connectivity index (χ2n) is 13.5. The van der Waals surface area contributed by atoms with Gasteiger partial charge in [-0.3, -0.25) is 0 Å². The molecule has 4 heteroatoms. The Morgan fingerprint density at radius 3 is 2.04 bits per heavy atom. The molecule has 3 atom stereocenters. The summed E-state index contributed by atoms with van der Waals surface area (Å²) in [4.78, 5) is 0. The standard InChI is InChI=1S/C48H33N3O/c49-29-39(30-50)38-26-40(52-45(27-38)33-10-5-2-6-11-33)23-16-31-14-17-37(18-15-31)48-43(28-44(51-48)32-8-3-1-4-9-32)41-24-21-36-20-19-34-12-7-13-35-22-25-42(41)47(36)46(34)35/h1-27,43-44,48,51H,28H2/b23-16+/t43-,44?,48?/m0/s1. The van der Waals surface area contributed by atoms with Crippen LogP contribution in [0.1, 0.15) is 52.2 Å². The Bertz CT molecular complexity index is 2640. The summed E-state index contributed by atoms with van der Waals surface area (Å²) in [5, 5.41) is 31.1. The lowest BCUT2D eigenvalue weighted by Gasteiger charge is -2.23. The minimum atomic E-state index is 0.0454. The normalized spacial score (nSPS) is 18.7. The summed E-state index contributed by atoms with van der Waals surface area (Å²) in [6, 6.07) is 54.0. The van der Waals surface area contributed by atoms with E-state index in [9.17, 15) is 10.5 Å². The summed E-state index contributed by atoms with van der Waals surface area (Å²) < 4.78 is 6.24. The number of ether oxygens (including phenoxy) is 1. The average molecular weight is 668 g/mol. The first-order valence-electron chi connectivity index (χ1n) is 17.6. The van der Waals surface area contributed by atoms with Crippen LogP contribution in [-0.2, 0) is 4.74 Å². The minimum Gasteiger partial charge on any atom is -0.457 e. The van der Waals surface area contributed by atoms with Crippen molar-refractivity contribution in [2.45, 2.75) is 24.4 Å². The van der Waals surface area contributed by atoms with Gasteiger partial charge >= 0.3 is 0 Å². The van der Waals surface area contributed by atoms with Crippen LogP contribution in [0.4, 0.5) is 0 Å². The van der Waals surface area contributed by atoms with Crippen LogP contribution in [-0.4, -0.2) is 0 Å². The van der Waals surface area contributed by atoms with Gasteiger partial charge in [-0.2, -0.15) is 10.5 Å². The number of nitriles is 2. The maximum Gasteiger partial charge on any atom is 0.137 e. The fraction of sp³-hybridized carbons (Fsp3) is 0.0833. The fourth-order valence-corrected chi connectivity index (χ4v) is 8.06. The van der Waals surface area contributed by atoms with Crippen molar-refractivity contribution in [1.82, 2.24) is 5.32 Å². The Balaban J connectivity index is 1.06. The Morgan fingerprint density at radius 2 is 1.31 bits per heavy atom. The van der Waals surface area contributed by atoms with E-state index >= 15 is 0 Å². The molecule has 4 nitrogen and oxygen atoms in total. The zero-order valence-corrected chi connectivity index (χ0v) is 28.3. The highest BCUT2D eigenvalue weighted by molar-refractivity contribution is 6.23. The van der Waals surface area contributed by atoms with Gasteiger partial charge < -0.3 is 10.1 Å². The highest BCUT2D eigenvalue weighted by Gasteiger charge is 2.37. The molecular formula is C48H33N3O. The van der Waals surface area contributed by atoms with Crippen LogP contribution in [0.2, 0.25) is 0 Å². The van der Waals surface area contributed by atoms with Gasteiger partial charge in [-0.05, 0) is 79.2 Å². The fourth-order valence-electron chi connectivity index (χ4n) is 8.06. The number of rotatable bonds is 6. The van der Waals surface area contributed by atoms with Crippen LogP contribution in [0.25, 0.3) is 44.2 Å². The summed E-state index contributed by atoms with van der Waals surface area (Å²) in [7, 11) is 0. The zero-order chi connectivity index (χ0) is 35.0. The number of nitrogens with one attached hydrogen (secondary N) is 1. The molecule has 246 valence electrons. The topological polar surface area (TPSA) is 68.8 Å². The van der Waals surface area contributed by atoms with Crippen molar-refractivity contribution in [1.29, 1.82) is 10.5 Å². The van der Waals surface area contributed by atoms with Crippen LogP contribution < -0.4 is 5.32 Å². The van der Waals surface area contributed by atoms with Crippen molar-refractivity contribution in [2.75, 3.05) is 0 Å². The lowest BCUT2D eigenvalue weighted by atomic mass is 9.82. The van der Waals surface area contributed by atoms with Crippen molar-refractivity contribution >= 4 is 44.2 Å². The van der Waals surface area contributed by atoms with E-state index in [0.29, 0.717) is 17.1 Å². The first-order chi connectivity index (χ1) is 25.7. The van der Waals surface area contributed by atoms with E-state index < -0.39 is 0 Å². The Hall–Kier alpha value is -6.72. The van der Waals surface area contributed by atoms with Crippen molar-refractivity contribution in [3.63, 3.8) is 0 Å². The van der Waals surface area contributed by atoms with Crippen LogP contribution in [0.15, 0.2) is 175 Å². The number of hydrogen-bond acceptors (Lipinski definition) is 4. The third-order valence-electron chi connectivity index (χ3n) is 10.6. The van der Waals surface area contributed by atoms with Crippen LogP contribution >= 0.6 is 0 Å². The molecule has 1 N–H and O–H groups in total. The van der Waals surface area contributed by atoms with Gasteiger partial charge in [-0.25, -0.2) is 0 Å². The van der Waals surface area contributed by atoms with Gasteiger partial charge in [-0.15, -0.1) is 0 Å². The summed E-state index contributed by atoms with van der Waals surface area (Å²) >= 11 is 0. The van der Waals surface area contributed by atoms with Crippen molar-refractivity contribution in [3.8, 4) is 12.1 Å². The number of nitrogens with zero attached hydrogens (tertiary/aromatic N) is 2. The number of benzene rings is 7. The molecule has 1 fully saturated rings. The predicted molar refractivity (Wildman–Crippen MR) is 210 cm³/mol. The molecule has 0 aromatic heterocycles. The van der Waals surface area contributed by atoms with Gasteiger partial charge in [0, 0.05) is 29.1 Å². The monoisotopic (exact) mass is 667 g/mol. The quantitative estimate of drug-likeness (QED) is 0.142. The highest BCUT2D eigenvalue weighted by atomic mass is 16.5. The largest absolute Gasteiger partial charge is 0.457 e. The SMILES string of the molecule is N#CC(C#N)=C1C=C(/C=C/c2ccc(C3NC(c4ccccc4)C[C@H]3c3ccc4ccc5cccc6ccc3c4c56)cc2)OC(c2ccccc2)=C1. The molecule has 2 unspecified atom stereocenters. The molecule has 2 aliphatic rings. The molecule has 7 aromatic carbocycles. The lowest BCUT2D eigenvalue weighted by Crippen LogP contribution is -2.19. The molecule has 0 bridgehead atoms. The summed E-state index contributed by atoms with van der Waals surface area (Å²) in [5.74, 6) is 1.41. The maximum atomic E-state index is 9.58. The molecule has 0 amide bonds. The second-order valence-corrected chi connectivity index (χ2v) is 13.5. The third-order valence-corrected chi connectivity index (χ3v) is 10.6. The van der Waals surface area contributed by atoms with Gasteiger partial charge in [0.05, 0.1) is 0 Å². The van der Waals surface area contributed by atoms with Gasteiger partial charge in [0.1, 0.15) is 29.2 Å². The van der Waals surface area contributed by atoms with E-state index in [1.165, 1.54) is 49.0 Å². The Morgan fingerprint density at radius 1 is 0.635 bits per heavy atom. The molecule has 52 heavy (non-hydrogen) atoms. The predicted octanol–water partition coefficient (Wildman–Crippen LogP) is 11.5. The molecule has 2 aliphatic heterocycles. The van der Waals surface area contributed by atoms with E-state index in [-0.39, 0.29) is 23.6 Å². The van der Waals surface area contributed by atoms with Crippen molar-refractivity contribution in [2.24, 2.45) is 0 Å². The average Bonchev–Trinajstić information content (AvgIpc) is 3.66. The maximum absolute atomic E-state index is 9.58. The molecule has 7 aromatic rings. The third kappa shape index (κ3) is 5.62. The van der Waals surface area contributed by atoms with Crippen LogP contribution in [0, 0.1) is 22.7 Å². The van der Waals surface area contributed by atoms with E-state index in [4.69, 9.17) is 4.74 Å². The summed E-state index contributed by atoms with van der Waals surface area (Å²) in [6.45, 7) is 0. The van der Waals surface area contributed by atoms with Crippen LogP contribution in [0.5, 0.6) is 0 Å². The number of hydrogen-bond donors (Lipinski definition) is 1. The van der Waals surface area contributed by atoms with Crippen molar-refractivity contribution < 1.29 is 4.74 Å². The minimum absolute atomic E-state index is 0.0454. The first-order valence-corrected chi connectivity index (χ1v) is 17.6. The molecule has 0 spiro atoms. The van der Waals surface area contributed by atoms with E-state index in [2.05, 4.69) is 115 Å². The molecule has 9 rings (SSSR count). The summed E-state index contributed by atoms with van der Waals surface area (Å²) in [6.07, 6.45) is 8.38. The van der Waals surface area contributed by atoms with E-state index in [0.717, 1.165) is 17.5 Å². The smallest absolute Gasteiger partial charge is 0.137 e. The van der Waals surface area contributed by atoms with Gasteiger partial charge in [0.25, 0.3) is 0 Å². The first kappa shape index (κ1) is 31.3. The van der Waals surface area contributed by atoms with Gasteiger partial charge in [-0.1, -0.05) is 146 Å². The molecule has 0 aliphatic carbocycles. The Labute approximate surface area is 302 Å². The molecule has 0 radical (unpaired) electrons. The zero-order valence-electron chi connectivity index (χ0n) is 28.3. The molecular weight excluding hydrogens is 635 g/mol. The highest BCUT2D eigenvalue weighted by Crippen LogP contribution is 2.49. The van der Waals surface area contributed by atoms with Gasteiger partial charge in [0.2, 0.25) is 0 Å². The van der Waals surface area contributed by atoms with E-state index in [1.54, 1.807) is 12.2 Å².